The molecule has 0 saturated heterocycles. The van der Waals surface area contributed by atoms with E-state index in [-0.39, 0.29) is 0 Å². The second-order valence-corrected chi connectivity index (χ2v) is 4.58. The first-order valence-electron chi connectivity index (χ1n) is 6.73. The van der Waals surface area contributed by atoms with Crippen molar-refractivity contribution in [1.82, 2.24) is 20.1 Å². The SMILES string of the molecule is CNCc1ccc(Oc2ncn(-c3ccccc3)n2)cc1. The Hall–Kier alpha value is -2.66. The van der Waals surface area contributed by atoms with Gasteiger partial charge in [0.25, 0.3) is 0 Å². The summed E-state index contributed by atoms with van der Waals surface area (Å²) in [5.74, 6) is 0.723. The molecule has 0 aliphatic rings. The van der Waals surface area contributed by atoms with E-state index in [1.165, 1.54) is 5.56 Å². The lowest BCUT2D eigenvalue weighted by Crippen LogP contribution is -2.04. The number of benzene rings is 2. The highest BCUT2D eigenvalue weighted by molar-refractivity contribution is 5.31. The van der Waals surface area contributed by atoms with Crippen LogP contribution in [-0.4, -0.2) is 21.8 Å². The van der Waals surface area contributed by atoms with Crippen LogP contribution in [0.2, 0.25) is 0 Å². The van der Waals surface area contributed by atoms with Crippen LogP contribution in [0.25, 0.3) is 5.69 Å². The molecule has 0 atom stereocenters. The number of ether oxygens (including phenoxy) is 1. The number of hydrogen-bond acceptors (Lipinski definition) is 4. The molecule has 0 bridgehead atoms. The molecule has 0 saturated carbocycles. The fourth-order valence-electron chi connectivity index (χ4n) is 1.98. The largest absolute Gasteiger partial charge is 0.423 e. The summed E-state index contributed by atoms with van der Waals surface area (Å²) in [7, 11) is 1.92. The van der Waals surface area contributed by atoms with Crippen molar-refractivity contribution in [1.29, 1.82) is 0 Å². The van der Waals surface area contributed by atoms with Gasteiger partial charge in [0.2, 0.25) is 0 Å². The normalized spacial score (nSPS) is 10.5. The summed E-state index contributed by atoms with van der Waals surface area (Å²) in [6, 6.07) is 18.0. The maximum absolute atomic E-state index is 5.65. The van der Waals surface area contributed by atoms with Crippen LogP contribution in [0.1, 0.15) is 5.56 Å². The third-order valence-electron chi connectivity index (χ3n) is 3.00. The molecule has 0 unspecified atom stereocenters. The summed E-state index contributed by atoms with van der Waals surface area (Å²) < 4.78 is 7.34. The highest BCUT2D eigenvalue weighted by Gasteiger charge is 2.05. The van der Waals surface area contributed by atoms with Crippen molar-refractivity contribution < 1.29 is 4.74 Å². The fraction of sp³-hybridized carbons (Fsp3) is 0.125. The summed E-state index contributed by atoms with van der Waals surface area (Å²) in [6.45, 7) is 0.834. The summed E-state index contributed by atoms with van der Waals surface area (Å²) in [6.07, 6.45) is 1.64. The molecule has 106 valence electrons. The minimum Gasteiger partial charge on any atom is -0.423 e. The van der Waals surface area contributed by atoms with E-state index in [9.17, 15) is 0 Å². The summed E-state index contributed by atoms with van der Waals surface area (Å²) in [5.41, 5.74) is 2.15. The highest BCUT2D eigenvalue weighted by atomic mass is 16.5. The van der Waals surface area contributed by atoms with Crippen molar-refractivity contribution in [3.05, 3.63) is 66.5 Å². The average Bonchev–Trinajstić information content (AvgIpc) is 2.99. The van der Waals surface area contributed by atoms with Gasteiger partial charge < -0.3 is 10.1 Å². The van der Waals surface area contributed by atoms with E-state index in [2.05, 4.69) is 15.4 Å². The van der Waals surface area contributed by atoms with Crippen molar-refractivity contribution in [2.75, 3.05) is 7.05 Å². The molecule has 3 aromatic rings. The number of hydrogen-bond donors (Lipinski definition) is 1. The quantitative estimate of drug-likeness (QED) is 0.781. The van der Waals surface area contributed by atoms with Crippen LogP contribution in [0.15, 0.2) is 60.9 Å². The topological polar surface area (TPSA) is 52.0 Å². The molecule has 5 heteroatoms. The maximum atomic E-state index is 5.65. The summed E-state index contributed by atoms with van der Waals surface area (Å²) >= 11 is 0. The van der Waals surface area contributed by atoms with Gasteiger partial charge >= 0.3 is 6.01 Å². The van der Waals surface area contributed by atoms with Crippen LogP contribution in [0.4, 0.5) is 0 Å². The van der Waals surface area contributed by atoms with Crippen molar-refractivity contribution in [2.24, 2.45) is 0 Å². The van der Waals surface area contributed by atoms with E-state index in [0.29, 0.717) is 6.01 Å². The zero-order valence-electron chi connectivity index (χ0n) is 11.7. The molecule has 21 heavy (non-hydrogen) atoms. The Morgan fingerprint density at radius 3 is 2.52 bits per heavy atom. The second-order valence-electron chi connectivity index (χ2n) is 4.58. The Morgan fingerprint density at radius 2 is 1.81 bits per heavy atom. The summed E-state index contributed by atoms with van der Waals surface area (Å²) in [5, 5.41) is 7.41. The Labute approximate surface area is 123 Å². The third-order valence-corrected chi connectivity index (χ3v) is 3.00. The Morgan fingerprint density at radius 1 is 1.05 bits per heavy atom. The lowest BCUT2D eigenvalue weighted by Gasteiger charge is -2.03. The maximum Gasteiger partial charge on any atom is 0.341 e. The van der Waals surface area contributed by atoms with E-state index in [0.717, 1.165) is 18.0 Å². The van der Waals surface area contributed by atoms with Gasteiger partial charge in [-0.3, -0.25) is 0 Å². The number of nitrogens with zero attached hydrogens (tertiary/aromatic N) is 3. The predicted molar refractivity (Wildman–Crippen MR) is 80.6 cm³/mol. The van der Waals surface area contributed by atoms with E-state index < -0.39 is 0 Å². The van der Waals surface area contributed by atoms with Gasteiger partial charge in [0.15, 0.2) is 0 Å². The van der Waals surface area contributed by atoms with E-state index >= 15 is 0 Å². The molecule has 0 aliphatic carbocycles. The van der Waals surface area contributed by atoms with Gasteiger partial charge in [-0.1, -0.05) is 30.3 Å². The van der Waals surface area contributed by atoms with Crippen molar-refractivity contribution in [3.8, 4) is 17.4 Å². The first kappa shape index (κ1) is 13.3. The number of nitrogens with one attached hydrogen (secondary N) is 1. The van der Waals surface area contributed by atoms with Gasteiger partial charge in [0.1, 0.15) is 12.1 Å². The number of rotatable bonds is 5. The molecule has 2 aromatic carbocycles. The lowest BCUT2D eigenvalue weighted by molar-refractivity contribution is 0.441. The van der Waals surface area contributed by atoms with Crippen LogP contribution < -0.4 is 10.1 Å². The van der Waals surface area contributed by atoms with Gasteiger partial charge in [-0.15, -0.1) is 5.10 Å². The van der Waals surface area contributed by atoms with Gasteiger partial charge in [0, 0.05) is 6.54 Å². The zero-order chi connectivity index (χ0) is 14.5. The van der Waals surface area contributed by atoms with Crippen molar-refractivity contribution >= 4 is 0 Å². The van der Waals surface area contributed by atoms with Gasteiger partial charge in [-0.05, 0) is 36.9 Å². The zero-order valence-corrected chi connectivity index (χ0v) is 11.7. The van der Waals surface area contributed by atoms with E-state index in [1.807, 2.05) is 61.6 Å². The molecular formula is C16H16N4O. The van der Waals surface area contributed by atoms with Crippen LogP contribution in [0, 0.1) is 0 Å². The van der Waals surface area contributed by atoms with Gasteiger partial charge in [-0.2, -0.15) is 4.98 Å². The lowest BCUT2D eigenvalue weighted by atomic mass is 10.2. The molecule has 0 radical (unpaired) electrons. The average molecular weight is 280 g/mol. The first-order chi connectivity index (χ1) is 10.3. The number of para-hydroxylation sites is 1. The monoisotopic (exact) mass is 280 g/mol. The molecule has 5 nitrogen and oxygen atoms in total. The Balaban J connectivity index is 1.72. The van der Waals surface area contributed by atoms with Crippen LogP contribution >= 0.6 is 0 Å². The van der Waals surface area contributed by atoms with Crippen molar-refractivity contribution in [2.45, 2.75) is 6.54 Å². The first-order valence-corrected chi connectivity index (χ1v) is 6.73. The molecule has 0 fully saturated rings. The minimum atomic E-state index is 0.334. The number of aromatic nitrogens is 3. The minimum absolute atomic E-state index is 0.334. The molecule has 0 amide bonds. The smallest absolute Gasteiger partial charge is 0.341 e. The molecular weight excluding hydrogens is 264 g/mol. The van der Waals surface area contributed by atoms with Crippen LogP contribution in [0.3, 0.4) is 0 Å². The molecule has 1 N–H and O–H groups in total. The Kier molecular flexibility index (Phi) is 3.93. The van der Waals surface area contributed by atoms with Gasteiger partial charge in [-0.25, -0.2) is 4.68 Å². The predicted octanol–water partition coefficient (Wildman–Crippen LogP) is 2.78. The molecule has 1 heterocycles. The summed E-state index contributed by atoms with van der Waals surface area (Å²) in [4.78, 5) is 4.16. The second kappa shape index (κ2) is 6.19. The van der Waals surface area contributed by atoms with Crippen molar-refractivity contribution in [3.63, 3.8) is 0 Å². The standard InChI is InChI=1S/C16H16N4O/c1-17-11-13-7-9-15(10-8-13)21-16-18-12-20(19-16)14-5-3-2-4-6-14/h2-10,12,17H,11H2,1H3. The Bertz CT molecular complexity index is 692. The van der Waals surface area contributed by atoms with E-state index in [1.54, 1.807) is 11.0 Å². The van der Waals surface area contributed by atoms with Crippen LogP contribution in [0.5, 0.6) is 11.8 Å². The molecule has 3 rings (SSSR count). The fourth-order valence-corrected chi connectivity index (χ4v) is 1.98. The molecule has 1 aromatic heterocycles. The van der Waals surface area contributed by atoms with Crippen LogP contribution in [-0.2, 0) is 6.54 Å². The van der Waals surface area contributed by atoms with Gasteiger partial charge in [0.05, 0.1) is 5.69 Å². The third kappa shape index (κ3) is 3.27. The highest BCUT2D eigenvalue weighted by Crippen LogP contribution is 2.18. The molecule has 0 spiro atoms. The van der Waals surface area contributed by atoms with E-state index in [4.69, 9.17) is 4.74 Å². The molecule has 0 aliphatic heterocycles.